The molecule has 0 N–H and O–H groups in total. The highest BCUT2D eigenvalue weighted by molar-refractivity contribution is 5.94. The summed E-state index contributed by atoms with van der Waals surface area (Å²) in [6.07, 6.45) is 3.92. The molecule has 1 aromatic heterocycles. The molecule has 1 aliphatic rings. The van der Waals surface area contributed by atoms with Gasteiger partial charge in [0.1, 0.15) is 0 Å². The molecule has 2 aromatic carbocycles. The molecule has 0 fully saturated rings. The van der Waals surface area contributed by atoms with Crippen LogP contribution in [0.3, 0.4) is 0 Å². The minimum atomic E-state index is -0.0216. The molecule has 2 heterocycles. The van der Waals surface area contributed by atoms with Crippen LogP contribution >= 0.6 is 0 Å². The van der Waals surface area contributed by atoms with Crippen molar-refractivity contribution in [2.45, 2.75) is 6.54 Å². The van der Waals surface area contributed by atoms with Crippen LogP contribution < -0.4 is 9.47 Å². The highest BCUT2D eigenvalue weighted by atomic mass is 16.7. The van der Waals surface area contributed by atoms with Crippen LogP contribution in [0.2, 0.25) is 0 Å². The lowest BCUT2D eigenvalue weighted by Gasteiger charge is -2.18. The number of amides is 1. The number of aromatic nitrogens is 1. The summed E-state index contributed by atoms with van der Waals surface area (Å²) in [5.74, 6) is 1.46. The molecule has 0 spiro atoms. The number of fused-ring (bicyclic) bond motifs is 1. The monoisotopic (exact) mass is 334 g/mol. The number of benzene rings is 2. The lowest BCUT2D eigenvalue weighted by atomic mass is 10.1. The second-order valence-corrected chi connectivity index (χ2v) is 5.99. The SMILES string of the molecule is CN(Cc1ccc2c(c1)OCO2)C(=O)c1cccc(-n2cccc2)c1. The number of rotatable bonds is 4. The number of ether oxygens (including phenoxy) is 2. The highest BCUT2D eigenvalue weighted by Crippen LogP contribution is 2.32. The van der Waals surface area contributed by atoms with Gasteiger partial charge in [-0.3, -0.25) is 4.79 Å². The Morgan fingerprint density at radius 2 is 1.84 bits per heavy atom. The maximum absolute atomic E-state index is 12.8. The van der Waals surface area contributed by atoms with E-state index in [9.17, 15) is 4.79 Å². The van der Waals surface area contributed by atoms with E-state index < -0.39 is 0 Å². The van der Waals surface area contributed by atoms with Gasteiger partial charge >= 0.3 is 0 Å². The van der Waals surface area contributed by atoms with E-state index in [1.165, 1.54) is 0 Å². The standard InChI is InChI=1S/C20H18N2O3/c1-21(13-15-7-8-18-19(11-15)25-14-24-18)20(23)16-5-4-6-17(12-16)22-9-2-3-10-22/h2-12H,13-14H2,1H3. The van der Waals surface area contributed by atoms with Gasteiger partial charge in [-0.25, -0.2) is 0 Å². The van der Waals surface area contributed by atoms with E-state index in [0.717, 1.165) is 22.7 Å². The van der Waals surface area contributed by atoms with Gasteiger partial charge in [-0.2, -0.15) is 0 Å². The molecule has 1 amide bonds. The van der Waals surface area contributed by atoms with Gasteiger partial charge in [0.25, 0.3) is 5.91 Å². The molecule has 0 saturated carbocycles. The minimum Gasteiger partial charge on any atom is -0.454 e. The van der Waals surface area contributed by atoms with Crippen molar-refractivity contribution in [3.63, 3.8) is 0 Å². The fourth-order valence-electron chi connectivity index (χ4n) is 2.91. The molecule has 0 bridgehead atoms. The van der Waals surface area contributed by atoms with E-state index in [2.05, 4.69) is 0 Å². The first-order valence-corrected chi connectivity index (χ1v) is 8.08. The maximum Gasteiger partial charge on any atom is 0.253 e. The van der Waals surface area contributed by atoms with Crippen molar-refractivity contribution < 1.29 is 14.3 Å². The van der Waals surface area contributed by atoms with E-state index in [0.29, 0.717) is 12.1 Å². The molecule has 5 heteroatoms. The van der Waals surface area contributed by atoms with Crippen molar-refractivity contribution >= 4 is 5.91 Å². The summed E-state index contributed by atoms with van der Waals surface area (Å²) in [7, 11) is 1.80. The van der Waals surface area contributed by atoms with Crippen LogP contribution in [0.4, 0.5) is 0 Å². The summed E-state index contributed by atoms with van der Waals surface area (Å²) in [5, 5.41) is 0. The van der Waals surface area contributed by atoms with Crippen LogP contribution in [0.5, 0.6) is 11.5 Å². The first kappa shape index (κ1) is 15.3. The molecule has 0 radical (unpaired) electrons. The molecule has 0 aliphatic carbocycles. The zero-order chi connectivity index (χ0) is 17.2. The lowest BCUT2D eigenvalue weighted by molar-refractivity contribution is 0.0785. The average molecular weight is 334 g/mol. The molecule has 0 unspecified atom stereocenters. The molecule has 4 rings (SSSR count). The number of hydrogen-bond donors (Lipinski definition) is 0. The average Bonchev–Trinajstić information content (AvgIpc) is 3.32. The van der Waals surface area contributed by atoms with E-state index in [1.807, 2.05) is 71.6 Å². The Kier molecular flexibility index (Phi) is 3.90. The highest BCUT2D eigenvalue weighted by Gasteiger charge is 2.16. The number of hydrogen-bond acceptors (Lipinski definition) is 3. The molecule has 5 nitrogen and oxygen atoms in total. The Hall–Kier alpha value is -3.21. The van der Waals surface area contributed by atoms with Gasteiger partial charge in [-0.15, -0.1) is 0 Å². The smallest absolute Gasteiger partial charge is 0.253 e. The largest absolute Gasteiger partial charge is 0.454 e. The first-order chi connectivity index (χ1) is 12.2. The van der Waals surface area contributed by atoms with Crippen molar-refractivity contribution in [1.82, 2.24) is 9.47 Å². The van der Waals surface area contributed by atoms with Gasteiger partial charge in [0, 0.05) is 37.2 Å². The van der Waals surface area contributed by atoms with Crippen LogP contribution in [0.25, 0.3) is 5.69 Å². The van der Waals surface area contributed by atoms with E-state index in [4.69, 9.17) is 9.47 Å². The topological polar surface area (TPSA) is 43.7 Å². The van der Waals surface area contributed by atoms with E-state index in [-0.39, 0.29) is 12.7 Å². The van der Waals surface area contributed by atoms with Crippen molar-refractivity contribution in [3.05, 3.63) is 78.1 Å². The zero-order valence-electron chi connectivity index (χ0n) is 13.9. The minimum absolute atomic E-state index is 0.0216. The van der Waals surface area contributed by atoms with Gasteiger partial charge in [0.2, 0.25) is 6.79 Å². The number of carbonyl (C=O) groups excluding carboxylic acids is 1. The second kappa shape index (κ2) is 6.36. The summed E-state index contributed by atoms with van der Waals surface area (Å²) in [6, 6.07) is 17.3. The summed E-state index contributed by atoms with van der Waals surface area (Å²) >= 11 is 0. The van der Waals surface area contributed by atoms with Crippen molar-refractivity contribution in [2.75, 3.05) is 13.8 Å². The quantitative estimate of drug-likeness (QED) is 0.734. The Balaban J connectivity index is 1.51. The molecule has 126 valence electrons. The Morgan fingerprint density at radius 3 is 2.68 bits per heavy atom. The van der Waals surface area contributed by atoms with Gasteiger partial charge in [0.05, 0.1) is 0 Å². The Morgan fingerprint density at radius 1 is 1.04 bits per heavy atom. The van der Waals surface area contributed by atoms with Crippen molar-refractivity contribution in [2.24, 2.45) is 0 Å². The van der Waals surface area contributed by atoms with Crippen LogP contribution in [0.15, 0.2) is 67.0 Å². The van der Waals surface area contributed by atoms with Crippen LogP contribution in [-0.4, -0.2) is 29.2 Å². The summed E-state index contributed by atoms with van der Waals surface area (Å²) in [6.45, 7) is 0.753. The van der Waals surface area contributed by atoms with Crippen LogP contribution in [0.1, 0.15) is 15.9 Å². The normalized spacial score (nSPS) is 12.2. The molecule has 0 saturated heterocycles. The molecule has 1 aliphatic heterocycles. The van der Waals surface area contributed by atoms with E-state index in [1.54, 1.807) is 11.9 Å². The third-order valence-electron chi connectivity index (χ3n) is 4.20. The maximum atomic E-state index is 12.8. The Bertz CT molecular complexity index is 903. The summed E-state index contributed by atoms with van der Waals surface area (Å²) < 4.78 is 12.7. The predicted molar refractivity (Wildman–Crippen MR) is 94.1 cm³/mol. The van der Waals surface area contributed by atoms with Gasteiger partial charge < -0.3 is 18.9 Å². The molecular weight excluding hydrogens is 316 g/mol. The number of carbonyl (C=O) groups is 1. The van der Waals surface area contributed by atoms with Gasteiger partial charge in [-0.1, -0.05) is 12.1 Å². The lowest BCUT2D eigenvalue weighted by Crippen LogP contribution is -2.26. The van der Waals surface area contributed by atoms with Gasteiger partial charge in [0.15, 0.2) is 11.5 Å². The Labute approximate surface area is 146 Å². The second-order valence-electron chi connectivity index (χ2n) is 5.99. The number of nitrogens with zero attached hydrogens (tertiary/aromatic N) is 2. The molecule has 3 aromatic rings. The molecular formula is C20H18N2O3. The van der Waals surface area contributed by atoms with E-state index >= 15 is 0 Å². The summed E-state index contributed by atoms with van der Waals surface area (Å²) in [5.41, 5.74) is 2.63. The third kappa shape index (κ3) is 3.08. The fourth-order valence-corrected chi connectivity index (χ4v) is 2.91. The van der Waals surface area contributed by atoms with Crippen LogP contribution in [-0.2, 0) is 6.54 Å². The van der Waals surface area contributed by atoms with Crippen molar-refractivity contribution in [1.29, 1.82) is 0 Å². The third-order valence-corrected chi connectivity index (χ3v) is 4.20. The van der Waals surface area contributed by atoms with Crippen molar-refractivity contribution in [3.8, 4) is 17.2 Å². The molecule has 25 heavy (non-hydrogen) atoms. The predicted octanol–water partition coefficient (Wildman–Crippen LogP) is 3.48. The van der Waals surface area contributed by atoms with Crippen LogP contribution in [0, 0.1) is 0 Å². The fraction of sp³-hybridized carbons (Fsp3) is 0.150. The first-order valence-electron chi connectivity index (χ1n) is 8.08. The molecule has 0 atom stereocenters. The summed E-state index contributed by atoms with van der Waals surface area (Å²) in [4.78, 5) is 14.5. The van der Waals surface area contributed by atoms with Gasteiger partial charge in [-0.05, 0) is 48.0 Å². The zero-order valence-corrected chi connectivity index (χ0v) is 13.9.